The summed E-state index contributed by atoms with van der Waals surface area (Å²) in [5.74, 6) is 0.547. The number of rotatable bonds is 5. The van der Waals surface area contributed by atoms with Crippen molar-refractivity contribution in [1.82, 2.24) is 15.1 Å². The summed E-state index contributed by atoms with van der Waals surface area (Å²) in [5, 5.41) is 16.3. The topological polar surface area (TPSA) is 62.9 Å². The molecule has 0 aliphatic rings. The maximum absolute atomic E-state index is 8.96. The SMILES string of the molecule is Cc1nn(C)c(OCCNC(C)C)c1C#N. The quantitative estimate of drug-likeness (QED) is 0.754. The van der Waals surface area contributed by atoms with Gasteiger partial charge < -0.3 is 10.1 Å². The van der Waals surface area contributed by atoms with Crippen molar-refractivity contribution in [3.05, 3.63) is 11.3 Å². The monoisotopic (exact) mass is 222 g/mol. The van der Waals surface area contributed by atoms with Gasteiger partial charge in [0, 0.05) is 19.6 Å². The molecule has 5 heteroatoms. The Kier molecular flexibility index (Phi) is 4.32. The molecule has 1 aromatic heterocycles. The van der Waals surface area contributed by atoms with E-state index in [2.05, 4.69) is 30.3 Å². The third kappa shape index (κ3) is 2.97. The first-order valence-electron chi connectivity index (χ1n) is 5.36. The van der Waals surface area contributed by atoms with Crippen LogP contribution in [-0.2, 0) is 7.05 Å². The largest absolute Gasteiger partial charge is 0.476 e. The molecule has 0 unspecified atom stereocenters. The predicted molar refractivity (Wildman–Crippen MR) is 61.3 cm³/mol. The van der Waals surface area contributed by atoms with Crippen molar-refractivity contribution in [2.45, 2.75) is 26.8 Å². The van der Waals surface area contributed by atoms with E-state index in [1.807, 2.05) is 0 Å². The van der Waals surface area contributed by atoms with E-state index in [1.165, 1.54) is 0 Å². The van der Waals surface area contributed by atoms with Crippen molar-refractivity contribution in [3.8, 4) is 11.9 Å². The molecule has 88 valence electrons. The summed E-state index contributed by atoms with van der Waals surface area (Å²) >= 11 is 0. The molecule has 0 radical (unpaired) electrons. The van der Waals surface area contributed by atoms with Gasteiger partial charge in [0.2, 0.25) is 5.88 Å². The summed E-state index contributed by atoms with van der Waals surface area (Å²) in [7, 11) is 1.78. The second-order valence-corrected chi connectivity index (χ2v) is 3.96. The molecule has 5 nitrogen and oxygen atoms in total. The Bertz CT molecular complexity index is 389. The van der Waals surface area contributed by atoms with E-state index in [1.54, 1.807) is 18.7 Å². The van der Waals surface area contributed by atoms with Crippen LogP contribution in [0.3, 0.4) is 0 Å². The highest BCUT2D eigenvalue weighted by Gasteiger charge is 2.13. The van der Waals surface area contributed by atoms with E-state index < -0.39 is 0 Å². The van der Waals surface area contributed by atoms with Crippen LogP contribution in [0.25, 0.3) is 0 Å². The van der Waals surface area contributed by atoms with Crippen LogP contribution < -0.4 is 10.1 Å². The molecule has 16 heavy (non-hydrogen) atoms. The fourth-order valence-corrected chi connectivity index (χ4v) is 1.43. The molecule has 1 aromatic rings. The third-order valence-electron chi connectivity index (χ3n) is 2.17. The lowest BCUT2D eigenvalue weighted by Crippen LogP contribution is -2.27. The molecule has 0 aliphatic carbocycles. The van der Waals surface area contributed by atoms with Crippen molar-refractivity contribution < 1.29 is 4.74 Å². The maximum atomic E-state index is 8.96. The van der Waals surface area contributed by atoms with Gasteiger partial charge in [-0.25, -0.2) is 4.68 Å². The first-order chi connectivity index (χ1) is 7.56. The van der Waals surface area contributed by atoms with Gasteiger partial charge in [-0.15, -0.1) is 0 Å². The Morgan fingerprint density at radius 1 is 1.56 bits per heavy atom. The fourth-order valence-electron chi connectivity index (χ4n) is 1.43. The van der Waals surface area contributed by atoms with E-state index in [0.29, 0.717) is 29.8 Å². The van der Waals surface area contributed by atoms with Crippen LogP contribution in [0.1, 0.15) is 25.1 Å². The zero-order chi connectivity index (χ0) is 12.1. The standard InChI is InChI=1S/C11H18N4O/c1-8(2)13-5-6-16-11-10(7-12)9(3)14-15(11)4/h8,13H,5-6H2,1-4H3. The average Bonchev–Trinajstić information content (AvgIpc) is 2.47. The second kappa shape index (κ2) is 5.52. The zero-order valence-electron chi connectivity index (χ0n) is 10.2. The van der Waals surface area contributed by atoms with Crippen LogP contribution in [0.15, 0.2) is 0 Å². The molecule has 0 aliphatic heterocycles. The number of hydrogen-bond donors (Lipinski definition) is 1. The summed E-state index contributed by atoms with van der Waals surface area (Å²) in [6, 6.07) is 2.54. The molecule has 1 heterocycles. The van der Waals surface area contributed by atoms with Gasteiger partial charge >= 0.3 is 0 Å². The van der Waals surface area contributed by atoms with Gasteiger partial charge in [-0.3, -0.25) is 0 Å². The number of aryl methyl sites for hydroxylation is 2. The Morgan fingerprint density at radius 3 is 2.81 bits per heavy atom. The highest BCUT2D eigenvalue weighted by atomic mass is 16.5. The van der Waals surface area contributed by atoms with Crippen LogP contribution in [-0.4, -0.2) is 29.0 Å². The van der Waals surface area contributed by atoms with E-state index in [9.17, 15) is 0 Å². The van der Waals surface area contributed by atoms with Gasteiger partial charge in [0.15, 0.2) is 0 Å². The molecule has 0 aromatic carbocycles. The van der Waals surface area contributed by atoms with Crippen LogP contribution >= 0.6 is 0 Å². The van der Waals surface area contributed by atoms with Crippen LogP contribution in [0, 0.1) is 18.3 Å². The molecule has 0 bridgehead atoms. The lowest BCUT2D eigenvalue weighted by Gasteiger charge is -2.09. The second-order valence-electron chi connectivity index (χ2n) is 3.96. The van der Waals surface area contributed by atoms with Crippen LogP contribution in [0.5, 0.6) is 5.88 Å². The van der Waals surface area contributed by atoms with Gasteiger partial charge in [-0.05, 0) is 6.92 Å². The third-order valence-corrected chi connectivity index (χ3v) is 2.17. The predicted octanol–water partition coefficient (Wildman–Crippen LogP) is 0.977. The summed E-state index contributed by atoms with van der Waals surface area (Å²) in [6.45, 7) is 7.25. The van der Waals surface area contributed by atoms with Gasteiger partial charge in [-0.1, -0.05) is 13.8 Å². The van der Waals surface area contributed by atoms with Crippen LogP contribution in [0.2, 0.25) is 0 Å². The lowest BCUT2D eigenvalue weighted by molar-refractivity contribution is 0.283. The molecule has 0 amide bonds. The Labute approximate surface area is 96.0 Å². The summed E-state index contributed by atoms with van der Waals surface area (Å²) in [4.78, 5) is 0. The van der Waals surface area contributed by atoms with Gasteiger partial charge in [0.25, 0.3) is 0 Å². The number of ether oxygens (including phenoxy) is 1. The highest BCUT2D eigenvalue weighted by molar-refractivity contribution is 5.41. The van der Waals surface area contributed by atoms with Gasteiger partial charge in [0.1, 0.15) is 18.2 Å². The lowest BCUT2D eigenvalue weighted by atomic mass is 10.3. The summed E-state index contributed by atoms with van der Waals surface area (Å²) < 4.78 is 7.15. The van der Waals surface area contributed by atoms with Crippen molar-refractivity contribution in [3.63, 3.8) is 0 Å². The Balaban J connectivity index is 2.57. The molecule has 1 N–H and O–H groups in total. The van der Waals surface area contributed by atoms with E-state index in [4.69, 9.17) is 10.00 Å². The number of nitrogens with one attached hydrogen (secondary N) is 1. The molecule has 0 fully saturated rings. The Hall–Kier alpha value is -1.54. The van der Waals surface area contributed by atoms with Crippen LogP contribution in [0.4, 0.5) is 0 Å². The minimum absolute atomic E-state index is 0.437. The number of nitriles is 1. The van der Waals surface area contributed by atoms with Gasteiger partial charge in [-0.2, -0.15) is 10.4 Å². The number of nitrogens with zero attached hydrogens (tertiary/aromatic N) is 3. The minimum atomic E-state index is 0.437. The first-order valence-corrected chi connectivity index (χ1v) is 5.36. The smallest absolute Gasteiger partial charge is 0.230 e. The van der Waals surface area contributed by atoms with E-state index in [-0.39, 0.29) is 0 Å². The summed E-state index contributed by atoms with van der Waals surface area (Å²) in [5.41, 5.74) is 1.23. The van der Waals surface area contributed by atoms with Crippen molar-refractivity contribution >= 4 is 0 Å². The van der Waals surface area contributed by atoms with Crippen molar-refractivity contribution in [2.24, 2.45) is 7.05 Å². The molecular weight excluding hydrogens is 204 g/mol. The molecule has 0 saturated heterocycles. The van der Waals surface area contributed by atoms with E-state index in [0.717, 1.165) is 6.54 Å². The van der Waals surface area contributed by atoms with Gasteiger partial charge in [0.05, 0.1) is 5.69 Å². The number of hydrogen-bond acceptors (Lipinski definition) is 4. The minimum Gasteiger partial charge on any atom is -0.476 e. The fraction of sp³-hybridized carbons (Fsp3) is 0.636. The van der Waals surface area contributed by atoms with Crippen molar-refractivity contribution in [2.75, 3.05) is 13.2 Å². The summed E-state index contributed by atoms with van der Waals surface area (Å²) in [6.07, 6.45) is 0. The molecule has 0 atom stereocenters. The first kappa shape index (κ1) is 12.5. The maximum Gasteiger partial charge on any atom is 0.230 e. The highest BCUT2D eigenvalue weighted by Crippen LogP contribution is 2.19. The zero-order valence-corrected chi connectivity index (χ0v) is 10.2. The Morgan fingerprint density at radius 2 is 2.25 bits per heavy atom. The van der Waals surface area contributed by atoms with E-state index >= 15 is 0 Å². The number of aromatic nitrogens is 2. The molecule has 0 saturated carbocycles. The molecular formula is C11H18N4O. The molecule has 0 spiro atoms. The molecule has 1 rings (SSSR count). The normalized spacial score (nSPS) is 10.5. The average molecular weight is 222 g/mol. The van der Waals surface area contributed by atoms with Crippen molar-refractivity contribution in [1.29, 1.82) is 5.26 Å².